The molecule has 0 bridgehead atoms. The van der Waals surface area contributed by atoms with E-state index in [1.807, 2.05) is 0 Å². The van der Waals surface area contributed by atoms with Crippen molar-refractivity contribution >= 4 is 35.6 Å². The summed E-state index contributed by atoms with van der Waals surface area (Å²) in [5.74, 6) is -6.85. The van der Waals surface area contributed by atoms with Crippen LogP contribution in [0, 0.1) is 11.8 Å². The predicted molar refractivity (Wildman–Crippen MR) is 119 cm³/mol. The van der Waals surface area contributed by atoms with Crippen LogP contribution in [0.3, 0.4) is 0 Å². The number of hydrogen-bond acceptors (Lipinski definition) is 7. The third-order valence-corrected chi connectivity index (χ3v) is 5.13. The number of carbonyl (C=O) groups is 6. The van der Waals surface area contributed by atoms with Crippen LogP contribution in [0.2, 0.25) is 0 Å². The highest BCUT2D eigenvalue weighted by Crippen LogP contribution is 2.11. The van der Waals surface area contributed by atoms with Crippen molar-refractivity contribution in [2.24, 2.45) is 17.6 Å². The van der Waals surface area contributed by atoms with Crippen LogP contribution in [0.25, 0.3) is 0 Å². The Labute approximate surface area is 197 Å². The van der Waals surface area contributed by atoms with E-state index in [4.69, 9.17) is 15.9 Å². The Hall–Kier alpha value is -3.22. The third-order valence-electron chi connectivity index (χ3n) is 5.13. The Kier molecular flexibility index (Phi) is 13.4. The van der Waals surface area contributed by atoms with Gasteiger partial charge in [0.25, 0.3) is 0 Å². The van der Waals surface area contributed by atoms with Gasteiger partial charge in [-0.25, -0.2) is 4.79 Å². The van der Waals surface area contributed by atoms with Crippen LogP contribution in [0.4, 0.5) is 0 Å². The summed E-state index contributed by atoms with van der Waals surface area (Å²) >= 11 is 0. The van der Waals surface area contributed by atoms with Gasteiger partial charge in [-0.05, 0) is 24.7 Å². The van der Waals surface area contributed by atoms with Gasteiger partial charge in [-0.1, -0.05) is 34.1 Å². The lowest BCUT2D eigenvalue weighted by Crippen LogP contribution is -2.58. The maximum atomic E-state index is 12.9. The molecule has 0 aliphatic carbocycles. The number of nitrogens with two attached hydrogens (primary N) is 1. The Bertz CT molecular complexity index is 757. The fourth-order valence-electron chi connectivity index (χ4n) is 3.01. The first-order valence-electron chi connectivity index (χ1n) is 11.0. The topological polar surface area (TPSA) is 225 Å². The highest BCUT2D eigenvalue weighted by molar-refractivity contribution is 5.95. The molecule has 0 saturated heterocycles. The van der Waals surface area contributed by atoms with Crippen molar-refractivity contribution in [3.63, 3.8) is 0 Å². The van der Waals surface area contributed by atoms with Crippen molar-refractivity contribution in [1.29, 1.82) is 0 Å². The maximum absolute atomic E-state index is 12.9. The van der Waals surface area contributed by atoms with E-state index in [-0.39, 0.29) is 24.7 Å². The Morgan fingerprint density at radius 3 is 1.76 bits per heavy atom. The molecule has 0 saturated carbocycles. The zero-order valence-corrected chi connectivity index (χ0v) is 19.9. The number of aliphatic carboxylic acids is 3. The highest BCUT2D eigenvalue weighted by atomic mass is 16.4. The van der Waals surface area contributed by atoms with Gasteiger partial charge in [0.2, 0.25) is 17.7 Å². The SMILES string of the molecule is CC[C@H](C)[C@H](NC(=O)[C@H](CC(C)C)NC(=O)[C@H](CCC(=O)O)NC(=O)[C@@H](N)CC(=O)O)C(=O)O. The molecule has 8 N–H and O–H groups in total. The maximum Gasteiger partial charge on any atom is 0.326 e. The molecule has 13 nitrogen and oxygen atoms in total. The van der Waals surface area contributed by atoms with Crippen LogP contribution >= 0.6 is 0 Å². The van der Waals surface area contributed by atoms with Crippen LogP contribution in [0.5, 0.6) is 0 Å². The molecule has 0 aliphatic heterocycles. The van der Waals surface area contributed by atoms with Crippen LogP contribution in [0.15, 0.2) is 0 Å². The van der Waals surface area contributed by atoms with Gasteiger partial charge in [-0.15, -0.1) is 0 Å². The van der Waals surface area contributed by atoms with Gasteiger partial charge in [-0.3, -0.25) is 24.0 Å². The summed E-state index contributed by atoms with van der Waals surface area (Å²) in [6, 6.07) is -5.22. The molecule has 0 aromatic heterocycles. The lowest BCUT2D eigenvalue weighted by molar-refractivity contribution is -0.144. The minimum absolute atomic E-state index is 0.0843. The van der Waals surface area contributed by atoms with Crippen molar-refractivity contribution in [2.45, 2.75) is 84.0 Å². The molecule has 0 aromatic rings. The second-order valence-corrected chi connectivity index (χ2v) is 8.60. The summed E-state index contributed by atoms with van der Waals surface area (Å²) in [7, 11) is 0. The molecule has 34 heavy (non-hydrogen) atoms. The van der Waals surface area contributed by atoms with Gasteiger partial charge in [0, 0.05) is 6.42 Å². The van der Waals surface area contributed by atoms with E-state index >= 15 is 0 Å². The number of hydrogen-bond donors (Lipinski definition) is 7. The molecule has 0 heterocycles. The standard InChI is InChI=1S/C21H36N4O9/c1-5-11(4)17(21(33)34)25-20(32)14(8-10(2)3)24-19(31)13(6-7-15(26)27)23-18(30)12(22)9-16(28)29/h10-14,17H,5-9,22H2,1-4H3,(H,23,30)(H,24,31)(H,25,32)(H,26,27)(H,28,29)(H,33,34)/t11-,12-,13-,14-,17-/m0/s1. The molecule has 0 aromatic carbocycles. The molecular weight excluding hydrogens is 452 g/mol. The van der Waals surface area contributed by atoms with E-state index in [0.717, 1.165) is 0 Å². The normalized spacial score (nSPS) is 15.4. The number of nitrogens with one attached hydrogen (secondary N) is 3. The van der Waals surface area contributed by atoms with Gasteiger partial charge < -0.3 is 37.0 Å². The summed E-state index contributed by atoms with van der Waals surface area (Å²) in [6.07, 6.45) is -0.916. The van der Waals surface area contributed by atoms with E-state index in [2.05, 4.69) is 16.0 Å². The van der Waals surface area contributed by atoms with Crippen molar-refractivity contribution in [3.05, 3.63) is 0 Å². The Balaban J connectivity index is 5.62. The average Bonchev–Trinajstić information content (AvgIpc) is 2.72. The second kappa shape index (κ2) is 14.8. The van der Waals surface area contributed by atoms with Crippen molar-refractivity contribution in [1.82, 2.24) is 16.0 Å². The number of carboxylic acids is 3. The van der Waals surface area contributed by atoms with Crippen LogP contribution in [-0.2, 0) is 28.8 Å². The molecule has 3 amide bonds. The number of amides is 3. The zero-order chi connectivity index (χ0) is 26.6. The Morgan fingerprint density at radius 2 is 1.32 bits per heavy atom. The molecular formula is C21H36N4O9. The van der Waals surface area contributed by atoms with Crippen molar-refractivity contribution < 1.29 is 44.1 Å². The smallest absolute Gasteiger partial charge is 0.326 e. The van der Waals surface area contributed by atoms with Gasteiger partial charge in [0.05, 0.1) is 12.5 Å². The molecule has 0 unspecified atom stereocenters. The number of rotatable bonds is 16. The third kappa shape index (κ3) is 11.6. The number of carboxylic acid groups (broad SMARTS) is 3. The second-order valence-electron chi connectivity index (χ2n) is 8.60. The lowest BCUT2D eigenvalue weighted by atomic mass is 9.97. The lowest BCUT2D eigenvalue weighted by Gasteiger charge is -2.27. The molecule has 194 valence electrons. The highest BCUT2D eigenvalue weighted by Gasteiger charge is 2.32. The summed E-state index contributed by atoms with van der Waals surface area (Å²) in [5, 5.41) is 34.3. The minimum atomic E-state index is -1.47. The fraction of sp³-hybridized carbons (Fsp3) is 0.714. The first-order valence-corrected chi connectivity index (χ1v) is 11.0. The summed E-state index contributed by atoms with van der Waals surface area (Å²) in [4.78, 5) is 71.2. The van der Waals surface area contributed by atoms with Crippen molar-refractivity contribution in [2.75, 3.05) is 0 Å². The molecule has 0 radical (unpaired) electrons. The Morgan fingerprint density at radius 1 is 0.794 bits per heavy atom. The summed E-state index contributed by atoms with van der Waals surface area (Å²) < 4.78 is 0. The monoisotopic (exact) mass is 488 g/mol. The van der Waals surface area contributed by atoms with Crippen LogP contribution in [0.1, 0.15) is 59.8 Å². The first kappa shape index (κ1) is 30.8. The molecule has 5 atom stereocenters. The van der Waals surface area contributed by atoms with E-state index in [9.17, 15) is 33.9 Å². The molecule has 13 heteroatoms. The van der Waals surface area contributed by atoms with E-state index in [1.54, 1.807) is 27.7 Å². The van der Waals surface area contributed by atoms with E-state index in [1.165, 1.54) is 0 Å². The predicted octanol–water partition coefficient (Wildman–Crippen LogP) is -0.716. The quantitative estimate of drug-likeness (QED) is 0.144. The average molecular weight is 489 g/mol. The van der Waals surface area contributed by atoms with Crippen LogP contribution < -0.4 is 21.7 Å². The van der Waals surface area contributed by atoms with Gasteiger partial charge in [0.15, 0.2) is 0 Å². The number of carbonyl (C=O) groups excluding carboxylic acids is 3. The minimum Gasteiger partial charge on any atom is -0.481 e. The summed E-state index contributed by atoms with van der Waals surface area (Å²) in [5.41, 5.74) is 5.50. The van der Waals surface area contributed by atoms with Crippen molar-refractivity contribution in [3.8, 4) is 0 Å². The molecule has 0 fully saturated rings. The molecule has 0 aliphatic rings. The van der Waals surface area contributed by atoms with E-state index in [0.29, 0.717) is 6.42 Å². The zero-order valence-electron chi connectivity index (χ0n) is 19.9. The molecule has 0 rings (SSSR count). The molecule has 0 spiro atoms. The van der Waals surface area contributed by atoms with E-state index < -0.39 is 72.6 Å². The van der Waals surface area contributed by atoms with Gasteiger partial charge in [-0.2, -0.15) is 0 Å². The van der Waals surface area contributed by atoms with Crippen LogP contribution in [-0.4, -0.2) is 75.1 Å². The van der Waals surface area contributed by atoms with Gasteiger partial charge >= 0.3 is 17.9 Å². The first-order chi connectivity index (χ1) is 15.7. The largest absolute Gasteiger partial charge is 0.481 e. The van der Waals surface area contributed by atoms with Gasteiger partial charge in [0.1, 0.15) is 18.1 Å². The summed E-state index contributed by atoms with van der Waals surface area (Å²) in [6.45, 7) is 6.99. The fourth-order valence-corrected chi connectivity index (χ4v) is 3.01.